The number of rotatable bonds is 7. The zero-order valence-corrected chi connectivity index (χ0v) is 19.7. The predicted molar refractivity (Wildman–Crippen MR) is 128 cm³/mol. The van der Waals surface area contributed by atoms with E-state index in [-0.39, 0.29) is 44.0 Å². The Morgan fingerprint density at radius 1 is 1.09 bits per heavy atom. The number of nitrogens with one attached hydrogen (secondary N) is 1. The molecule has 5 rings (SSSR count). The van der Waals surface area contributed by atoms with Gasteiger partial charge in [0.25, 0.3) is 0 Å². The molecule has 2 N–H and O–H groups in total. The van der Waals surface area contributed by atoms with Gasteiger partial charge in [-0.05, 0) is 41.5 Å². The van der Waals surface area contributed by atoms with E-state index in [1.807, 2.05) is 24.3 Å². The van der Waals surface area contributed by atoms with E-state index in [2.05, 4.69) is 29.6 Å². The lowest BCUT2D eigenvalue weighted by Gasteiger charge is -2.44. The van der Waals surface area contributed by atoms with Crippen molar-refractivity contribution in [2.24, 2.45) is 11.3 Å². The zero-order valence-electron chi connectivity index (χ0n) is 19.7. The van der Waals surface area contributed by atoms with Gasteiger partial charge in [-0.2, -0.15) is 0 Å². The van der Waals surface area contributed by atoms with Crippen LogP contribution in [0.15, 0.2) is 48.5 Å². The number of aliphatic carboxylic acids is 1. The van der Waals surface area contributed by atoms with Crippen molar-refractivity contribution < 1.29 is 29.0 Å². The van der Waals surface area contributed by atoms with Crippen LogP contribution in [0.25, 0.3) is 11.1 Å². The minimum absolute atomic E-state index is 0.0372. The van der Waals surface area contributed by atoms with Crippen molar-refractivity contribution in [2.75, 3.05) is 32.9 Å². The third kappa shape index (κ3) is 4.38. The fourth-order valence-electron chi connectivity index (χ4n) is 5.47. The molecule has 2 fully saturated rings. The molecule has 0 spiro atoms. The SMILES string of the molecule is CC1(C(=O)N2CC(CCC(=O)O)C2)COCC1NC(=O)OCC1c2ccccc2-c2ccccc21. The molecule has 0 radical (unpaired) electrons. The first-order chi connectivity index (χ1) is 16.9. The minimum atomic E-state index is -0.886. The zero-order chi connectivity index (χ0) is 24.6. The highest BCUT2D eigenvalue weighted by molar-refractivity contribution is 5.85. The summed E-state index contributed by atoms with van der Waals surface area (Å²) >= 11 is 0. The first-order valence-electron chi connectivity index (χ1n) is 12.1. The maximum Gasteiger partial charge on any atom is 0.407 e. The molecular formula is C27H30N2O6. The number of ether oxygens (including phenoxy) is 2. The summed E-state index contributed by atoms with van der Waals surface area (Å²) in [5, 5.41) is 11.7. The van der Waals surface area contributed by atoms with Crippen LogP contribution in [-0.2, 0) is 19.1 Å². The summed E-state index contributed by atoms with van der Waals surface area (Å²) in [6, 6.07) is 15.8. The van der Waals surface area contributed by atoms with Crippen LogP contribution in [0, 0.1) is 11.3 Å². The second-order valence-electron chi connectivity index (χ2n) is 9.96. The number of carboxylic acids is 1. The van der Waals surface area contributed by atoms with Crippen molar-refractivity contribution in [3.8, 4) is 11.1 Å². The number of carbonyl (C=O) groups is 3. The summed E-state index contributed by atoms with van der Waals surface area (Å²) in [5.41, 5.74) is 3.72. The van der Waals surface area contributed by atoms with Gasteiger partial charge >= 0.3 is 12.1 Å². The minimum Gasteiger partial charge on any atom is -0.481 e. The number of hydrogen-bond donors (Lipinski definition) is 2. The van der Waals surface area contributed by atoms with Crippen molar-refractivity contribution in [3.63, 3.8) is 0 Å². The van der Waals surface area contributed by atoms with E-state index >= 15 is 0 Å². The molecule has 0 bridgehead atoms. The van der Waals surface area contributed by atoms with E-state index in [4.69, 9.17) is 14.6 Å². The van der Waals surface area contributed by atoms with Gasteiger partial charge in [-0.25, -0.2) is 4.79 Å². The normalized spacial score (nSPS) is 23.3. The molecule has 2 aliphatic heterocycles. The number of amides is 2. The molecule has 2 heterocycles. The van der Waals surface area contributed by atoms with Crippen LogP contribution in [0.1, 0.15) is 36.8 Å². The molecular weight excluding hydrogens is 448 g/mol. The second kappa shape index (κ2) is 9.34. The van der Waals surface area contributed by atoms with Gasteiger partial charge in [0, 0.05) is 25.4 Å². The molecule has 2 unspecified atom stereocenters. The lowest BCUT2D eigenvalue weighted by Crippen LogP contribution is -2.60. The quantitative estimate of drug-likeness (QED) is 0.633. The number of carboxylic acid groups (broad SMARTS) is 1. The molecule has 2 atom stereocenters. The third-order valence-electron chi connectivity index (χ3n) is 7.59. The Labute approximate surface area is 204 Å². The van der Waals surface area contributed by atoms with Crippen LogP contribution < -0.4 is 5.32 Å². The molecule has 2 saturated heterocycles. The van der Waals surface area contributed by atoms with Gasteiger partial charge in [-0.1, -0.05) is 48.5 Å². The summed E-state index contributed by atoms with van der Waals surface area (Å²) < 4.78 is 11.3. The van der Waals surface area contributed by atoms with E-state index < -0.39 is 23.5 Å². The van der Waals surface area contributed by atoms with Gasteiger partial charge in [0.15, 0.2) is 0 Å². The molecule has 3 aliphatic rings. The summed E-state index contributed by atoms with van der Waals surface area (Å²) in [6.07, 6.45) is 0.108. The van der Waals surface area contributed by atoms with E-state index in [0.717, 1.165) is 22.3 Å². The molecule has 2 aromatic carbocycles. The summed E-state index contributed by atoms with van der Waals surface area (Å²) in [7, 11) is 0. The first kappa shape index (κ1) is 23.4. The van der Waals surface area contributed by atoms with Crippen LogP contribution in [0.4, 0.5) is 4.79 Å². The maximum atomic E-state index is 13.2. The van der Waals surface area contributed by atoms with Crippen LogP contribution >= 0.6 is 0 Å². The molecule has 8 heteroatoms. The number of fused-ring (bicyclic) bond motifs is 3. The van der Waals surface area contributed by atoms with Gasteiger partial charge in [0.1, 0.15) is 6.61 Å². The number of nitrogens with zero attached hydrogens (tertiary/aromatic N) is 1. The summed E-state index contributed by atoms with van der Waals surface area (Å²) in [4.78, 5) is 38.5. The average molecular weight is 479 g/mol. The van der Waals surface area contributed by atoms with E-state index in [0.29, 0.717) is 19.5 Å². The van der Waals surface area contributed by atoms with Crippen molar-refractivity contribution in [1.29, 1.82) is 0 Å². The molecule has 8 nitrogen and oxygen atoms in total. The number of benzene rings is 2. The van der Waals surface area contributed by atoms with Gasteiger partial charge in [0.05, 0.1) is 24.7 Å². The topological polar surface area (TPSA) is 105 Å². The highest BCUT2D eigenvalue weighted by Gasteiger charge is 2.51. The smallest absolute Gasteiger partial charge is 0.407 e. The monoisotopic (exact) mass is 478 g/mol. The van der Waals surface area contributed by atoms with Gasteiger partial charge in [-0.3, -0.25) is 9.59 Å². The predicted octanol–water partition coefficient (Wildman–Crippen LogP) is 3.25. The molecule has 0 saturated carbocycles. The Hall–Kier alpha value is -3.39. The first-order valence-corrected chi connectivity index (χ1v) is 12.1. The van der Waals surface area contributed by atoms with Crippen molar-refractivity contribution in [3.05, 3.63) is 59.7 Å². The summed E-state index contributed by atoms with van der Waals surface area (Å²) in [6.45, 7) is 3.55. The second-order valence-corrected chi connectivity index (χ2v) is 9.96. The number of hydrogen-bond acceptors (Lipinski definition) is 5. The molecule has 1 aliphatic carbocycles. The standard InChI is InChI=1S/C27H30N2O6/c1-27(25(32)29-12-17(13-29)10-11-24(30)31)16-34-15-23(27)28-26(33)35-14-22-20-8-4-2-6-18(20)19-7-3-5-9-21(19)22/h2-9,17,22-23H,10-16H2,1H3,(H,28,33)(H,30,31). The molecule has 2 aromatic rings. The van der Waals surface area contributed by atoms with Gasteiger partial charge in [0.2, 0.25) is 5.91 Å². The fourth-order valence-corrected chi connectivity index (χ4v) is 5.47. The van der Waals surface area contributed by atoms with Gasteiger partial charge < -0.3 is 24.8 Å². The van der Waals surface area contributed by atoms with E-state index in [1.165, 1.54) is 0 Å². The van der Waals surface area contributed by atoms with Crippen LogP contribution in [0.2, 0.25) is 0 Å². The Morgan fingerprint density at radius 3 is 2.34 bits per heavy atom. The largest absolute Gasteiger partial charge is 0.481 e. The van der Waals surface area contributed by atoms with Crippen LogP contribution in [-0.4, -0.2) is 66.9 Å². The van der Waals surface area contributed by atoms with Crippen molar-refractivity contribution in [1.82, 2.24) is 10.2 Å². The third-order valence-corrected chi connectivity index (χ3v) is 7.59. The van der Waals surface area contributed by atoms with E-state index in [9.17, 15) is 14.4 Å². The molecule has 35 heavy (non-hydrogen) atoms. The molecule has 0 aromatic heterocycles. The Morgan fingerprint density at radius 2 is 1.71 bits per heavy atom. The Kier molecular flexibility index (Phi) is 6.23. The number of alkyl carbamates (subject to hydrolysis) is 1. The number of carbonyl (C=O) groups excluding carboxylic acids is 2. The lowest BCUT2D eigenvalue weighted by molar-refractivity contribution is -0.149. The fraction of sp³-hybridized carbons (Fsp3) is 0.444. The van der Waals surface area contributed by atoms with Crippen molar-refractivity contribution in [2.45, 2.75) is 31.7 Å². The van der Waals surface area contributed by atoms with Crippen LogP contribution in [0.3, 0.4) is 0 Å². The number of likely N-dealkylation sites (tertiary alicyclic amines) is 1. The molecule has 2 amide bonds. The Balaban J connectivity index is 1.18. The highest BCUT2D eigenvalue weighted by Crippen LogP contribution is 2.44. The van der Waals surface area contributed by atoms with Crippen LogP contribution in [0.5, 0.6) is 0 Å². The Bertz CT molecular complexity index is 1100. The van der Waals surface area contributed by atoms with E-state index in [1.54, 1.807) is 11.8 Å². The van der Waals surface area contributed by atoms with Gasteiger partial charge in [-0.15, -0.1) is 0 Å². The maximum absolute atomic E-state index is 13.2. The summed E-state index contributed by atoms with van der Waals surface area (Å²) in [5.74, 6) is -0.733. The highest BCUT2D eigenvalue weighted by atomic mass is 16.5. The molecule has 184 valence electrons. The van der Waals surface area contributed by atoms with Crippen molar-refractivity contribution >= 4 is 18.0 Å². The average Bonchev–Trinajstić information content (AvgIpc) is 3.35. The lowest BCUT2D eigenvalue weighted by atomic mass is 9.81.